The minimum absolute atomic E-state index is 0.283. The first-order valence-corrected chi connectivity index (χ1v) is 4.25. The smallest absolute Gasteiger partial charge is 0.407 e. The topological polar surface area (TPSA) is 51.5 Å². The quantitative estimate of drug-likeness (QED) is 0.819. The van der Waals surface area contributed by atoms with E-state index in [1.54, 1.807) is 19.1 Å². The number of amides is 1. The zero-order valence-corrected chi connectivity index (χ0v) is 7.93. The average Bonchev–Trinajstić information content (AvgIpc) is 2.49. The van der Waals surface area contributed by atoms with E-state index in [-0.39, 0.29) is 6.54 Å². The van der Waals surface area contributed by atoms with E-state index in [1.807, 2.05) is 0 Å². The first-order chi connectivity index (χ1) is 6.22. The molecule has 0 aliphatic carbocycles. The predicted octanol–water partition coefficient (Wildman–Crippen LogP) is 2.18. The lowest BCUT2D eigenvalue weighted by atomic mass is 10.4. The van der Waals surface area contributed by atoms with Gasteiger partial charge in [0.25, 0.3) is 0 Å². The molecule has 0 radical (unpaired) electrons. The maximum Gasteiger partial charge on any atom is 0.407 e. The summed E-state index contributed by atoms with van der Waals surface area (Å²) in [6.07, 6.45) is -0.463. The van der Waals surface area contributed by atoms with Crippen molar-refractivity contribution in [3.8, 4) is 0 Å². The third-order valence-electron chi connectivity index (χ3n) is 1.31. The van der Waals surface area contributed by atoms with Gasteiger partial charge >= 0.3 is 6.09 Å². The first-order valence-electron chi connectivity index (χ1n) is 3.87. The fraction of sp³-hybridized carbons (Fsp3) is 0.375. The molecule has 0 saturated carbocycles. The van der Waals surface area contributed by atoms with Crippen LogP contribution in [-0.2, 0) is 11.3 Å². The molecule has 0 bridgehead atoms. The van der Waals surface area contributed by atoms with Crippen molar-refractivity contribution < 1.29 is 13.9 Å². The van der Waals surface area contributed by atoms with Crippen LogP contribution < -0.4 is 5.32 Å². The number of hydrogen-bond donors (Lipinski definition) is 1. The van der Waals surface area contributed by atoms with Gasteiger partial charge in [0.1, 0.15) is 5.76 Å². The van der Waals surface area contributed by atoms with Crippen molar-refractivity contribution in [1.29, 1.82) is 0 Å². The number of carbonyl (C=O) groups excluding carboxylic acids is 1. The largest absolute Gasteiger partial charge is 0.450 e. The van der Waals surface area contributed by atoms with Gasteiger partial charge in [-0.1, -0.05) is 0 Å². The van der Waals surface area contributed by atoms with E-state index in [4.69, 9.17) is 16.0 Å². The molecule has 4 nitrogen and oxygen atoms in total. The van der Waals surface area contributed by atoms with E-state index in [1.165, 1.54) is 0 Å². The number of alkyl carbamates (subject to hydrolysis) is 1. The van der Waals surface area contributed by atoms with Gasteiger partial charge in [-0.25, -0.2) is 4.79 Å². The molecule has 1 heterocycles. The normalized spacial score (nSPS) is 9.69. The molecule has 1 amide bonds. The van der Waals surface area contributed by atoms with Crippen molar-refractivity contribution >= 4 is 17.7 Å². The van der Waals surface area contributed by atoms with Crippen LogP contribution in [-0.4, -0.2) is 12.7 Å². The van der Waals surface area contributed by atoms with Crippen LogP contribution in [0.5, 0.6) is 0 Å². The van der Waals surface area contributed by atoms with Crippen LogP contribution in [0.1, 0.15) is 12.7 Å². The van der Waals surface area contributed by atoms with Crippen LogP contribution in [0.3, 0.4) is 0 Å². The summed E-state index contributed by atoms with van der Waals surface area (Å²) < 4.78 is 9.65. The van der Waals surface area contributed by atoms with Crippen molar-refractivity contribution in [1.82, 2.24) is 5.32 Å². The van der Waals surface area contributed by atoms with Crippen molar-refractivity contribution in [2.75, 3.05) is 6.61 Å². The summed E-state index contributed by atoms with van der Waals surface area (Å²) in [5.74, 6) is 0.595. The summed E-state index contributed by atoms with van der Waals surface area (Å²) in [5.41, 5.74) is 0. The zero-order chi connectivity index (χ0) is 9.68. The maximum atomic E-state index is 10.8. The number of carbonyl (C=O) groups is 1. The minimum atomic E-state index is -0.463. The van der Waals surface area contributed by atoms with E-state index in [0.717, 1.165) is 0 Å². The van der Waals surface area contributed by atoms with Crippen molar-refractivity contribution in [3.63, 3.8) is 0 Å². The van der Waals surface area contributed by atoms with Crippen LogP contribution in [0.4, 0.5) is 4.79 Å². The number of furan rings is 1. The molecule has 1 rings (SSSR count). The van der Waals surface area contributed by atoms with Crippen LogP contribution >= 0.6 is 11.6 Å². The van der Waals surface area contributed by atoms with Crippen molar-refractivity contribution in [2.45, 2.75) is 13.5 Å². The summed E-state index contributed by atoms with van der Waals surface area (Å²) in [4.78, 5) is 10.8. The highest BCUT2D eigenvalue weighted by Gasteiger charge is 2.03. The lowest BCUT2D eigenvalue weighted by molar-refractivity contribution is 0.151. The van der Waals surface area contributed by atoms with Gasteiger partial charge in [0, 0.05) is 0 Å². The highest BCUT2D eigenvalue weighted by atomic mass is 35.5. The summed E-state index contributed by atoms with van der Waals surface area (Å²) in [7, 11) is 0. The maximum absolute atomic E-state index is 10.8. The van der Waals surface area contributed by atoms with Crippen molar-refractivity contribution in [3.05, 3.63) is 23.1 Å². The molecule has 1 aromatic heterocycles. The van der Waals surface area contributed by atoms with Crippen LogP contribution in [0.25, 0.3) is 0 Å². The van der Waals surface area contributed by atoms with Gasteiger partial charge in [-0.15, -0.1) is 0 Å². The third kappa shape index (κ3) is 3.38. The molecule has 0 aliphatic heterocycles. The van der Waals surface area contributed by atoms with Crippen LogP contribution in [0.15, 0.2) is 16.5 Å². The molecule has 0 spiro atoms. The Labute approximate surface area is 80.8 Å². The Morgan fingerprint density at radius 1 is 1.69 bits per heavy atom. The summed E-state index contributed by atoms with van der Waals surface area (Å²) in [5, 5.41) is 2.81. The van der Waals surface area contributed by atoms with Gasteiger partial charge in [-0.05, 0) is 30.7 Å². The van der Waals surface area contributed by atoms with E-state index >= 15 is 0 Å². The molecule has 0 fully saturated rings. The number of halogens is 1. The Morgan fingerprint density at radius 3 is 3.00 bits per heavy atom. The molecule has 0 aromatic carbocycles. The monoisotopic (exact) mass is 203 g/mol. The highest BCUT2D eigenvalue weighted by molar-refractivity contribution is 6.28. The Morgan fingerprint density at radius 2 is 2.46 bits per heavy atom. The molecule has 1 aromatic rings. The molecule has 72 valence electrons. The summed E-state index contributed by atoms with van der Waals surface area (Å²) in [6.45, 7) is 2.37. The number of nitrogens with one attached hydrogen (secondary N) is 1. The molecular formula is C8H10ClNO3. The second kappa shape index (κ2) is 4.77. The Bertz CT molecular complexity index is 285. The van der Waals surface area contributed by atoms with E-state index in [9.17, 15) is 4.79 Å². The summed E-state index contributed by atoms with van der Waals surface area (Å²) >= 11 is 5.53. The molecule has 0 atom stereocenters. The van der Waals surface area contributed by atoms with Gasteiger partial charge in [0.2, 0.25) is 0 Å². The zero-order valence-electron chi connectivity index (χ0n) is 7.17. The van der Waals surface area contributed by atoms with Crippen LogP contribution in [0.2, 0.25) is 5.22 Å². The lowest BCUT2D eigenvalue weighted by Crippen LogP contribution is -2.23. The number of rotatable bonds is 3. The van der Waals surface area contributed by atoms with E-state index in [2.05, 4.69) is 10.1 Å². The van der Waals surface area contributed by atoms with Gasteiger partial charge in [0.05, 0.1) is 13.2 Å². The second-order valence-corrected chi connectivity index (χ2v) is 2.65. The Balaban J connectivity index is 2.30. The van der Waals surface area contributed by atoms with Crippen LogP contribution in [0, 0.1) is 0 Å². The minimum Gasteiger partial charge on any atom is -0.450 e. The first kappa shape index (κ1) is 9.92. The molecule has 0 unspecified atom stereocenters. The number of ether oxygens (including phenoxy) is 1. The molecule has 5 heteroatoms. The Hall–Kier alpha value is -1.16. The van der Waals surface area contributed by atoms with Gasteiger partial charge in [0.15, 0.2) is 5.22 Å². The predicted molar refractivity (Wildman–Crippen MR) is 47.6 cm³/mol. The molecule has 1 N–H and O–H groups in total. The molecule has 0 aliphatic rings. The van der Waals surface area contributed by atoms with Crippen molar-refractivity contribution in [2.24, 2.45) is 0 Å². The van der Waals surface area contributed by atoms with Gasteiger partial charge in [-0.3, -0.25) is 0 Å². The van der Waals surface area contributed by atoms with E-state index < -0.39 is 6.09 Å². The average molecular weight is 204 g/mol. The van der Waals surface area contributed by atoms with E-state index in [0.29, 0.717) is 17.6 Å². The molecular weight excluding hydrogens is 194 g/mol. The SMILES string of the molecule is CCOC(=O)NCc1ccc(Cl)o1. The highest BCUT2D eigenvalue weighted by Crippen LogP contribution is 2.12. The van der Waals surface area contributed by atoms with Gasteiger partial charge in [-0.2, -0.15) is 0 Å². The standard InChI is InChI=1S/C8H10ClNO3/c1-2-12-8(11)10-5-6-3-4-7(9)13-6/h3-4H,2,5H2,1H3,(H,10,11). The number of hydrogen-bond acceptors (Lipinski definition) is 3. The summed E-state index contributed by atoms with van der Waals surface area (Å²) in [6, 6.07) is 3.30. The molecule has 13 heavy (non-hydrogen) atoms. The second-order valence-electron chi connectivity index (χ2n) is 2.28. The Kier molecular flexibility index (Phi) is 3.64. The molecule has 0 saturated heterocycles. The third-order valence-corrected chi connectivity index (χ3v) is 1.51. The van der Waals surface area contributed by atoms with Gasteiger partial charge < -0.3 is 14.5 Å². The fourth-order valence-corrected chi connectivity index (χ4v) is 0.950. The fourth-order valence-electron chi connectivity index (χ4n) is 0.788. The lowest BCUT2D eigenvalue weighted by Gasteiger charge is -2.01.